The Labute approximate surface area is 115 Å². The van der Waals surface area contributed by atoms with E-state index >= 15 is 0 Å². The number of nitrogens with one attached hydrogen (secondary N) is 1. The second-order valence-corrected chi connectivity index (χ2v) is 4.81. The Morgan fingerprint density at radius 3 is 2.68 bits per heavy atom. The van der Waals surface area contributed by atoms with E-state index in [1.54, 1.807) is 4.90 Å². The van der Waals surface area contributed by atoms with Gasteiger partial charge < -0.3 is 15.3 Å². The van der Waals surface area contributed by atoms with E-state index in [4.69, 9.17) is 5.11 Å². The maximum absolute atomic E-state index is 12.3. The third-order valence-corrected chi connectivity index (χ3v) is 3.17. The van der Waals surface area contributed by atoms with E-state index < -0.39 is 0 Å². The Hall–Kier alpha value is -1.55. The monoisotopic (exact) mass is 264 g/mol. The van der Waals surface area contributed by atoms with Gasteiger partial charge in [0.1, 0.15) is 0 Å². The molecule has 106 valence electrons. The molecule has 0 aliphatic carbocycles. The van der Waals surface area contributed by atoms with Gasteiger partial charge in [0.2, 0.25) is 0 Å². The minimum atomic E-state index is 0.0355. The van der Waals surface area contributed by atoms with Gasteiger partial charge in [0.25, 0.3) is 5.91 Å². The van der Waals surface area contributed by atoms with E-state index in [9.17, 15) is 4.79 Å². The van der Waals surface area contributed by atoms with Crippen molar-refractivity contribution >= 4 is 11.6 Å². The third-order valence-electron chi connectivity index (χ3n) is 3.17. The van der Waals surface area contributed by atoms with Gasteiger partial charge in [-0.25, -0.2) is 0 Å². The van der Waals surface area contributed by atoms with Crippen LogP contribution in [0.1, 0.15) is 35.2 Å². The molecule has 0 saturated carbocycles. The molecule has 1 aromatic rings. The molecule has 0 aliphatic heterocycles. The fourth-order valence-electron chi connectivity index (χ4n) is 2.00. The molecule has 0 saturated heterocycles. The number of hydrogen-bond acceptors (Lipinski definition) is 3. The lowest BCUT2D eigenvalue weighted by molar-refractivity contribution is 0.0793. The number of nitrogens with zero attached hydrogens (tertiary/aromatic N) is 1. The van der Waals surface area contributed by atoms with Crippen LogP contribution < -0.4 is 5.32 Å². The van der Waals surface area contributed by atoms with Crippen LogP contribution in [0.15, 0.2) is 18.2 Å². The Kier molecular flexibility index (Phi) is 6.36. The summed E-state index contributed by atoms with van der Waals surface area (Å²) in [5, 5.41) is 11.8. The summed E-state index contributed by atoms with van der Waals surface area (Å²) >= 11 is 0. The van der Waals surface area contributed by atoms with Crippen LogP contribution in [0, 0.1) is 6.92 Å². The molecule has 0 bridgehead atoms. The lowest BCUT2D eigenvalue weighted by Crippen LogP contribution is -2.28. The smallest absolute Gasteiger partial charge is 0.255 e. The van der Waals surface area contributed by atoms with Gasteiger partial charge in [-0.1, -0.05) is 6.07 Å². The zero-order valence-electron chi connectivity index (χ0n) is 12.1. The summed E-state index contributed by atoms with van der Waals surface area (Å²) in [5.74, 6) is 0.0355. The van der Waals surface area contributed by atoms with Crippen molar-refractivity contribution in [3.05, 3.63) is 29.3 Å². The summed E-state index contributed by atoms with van der Waals surface area (Å²) in [6.45, 7) is 2.95. The van der Waals surface area contributed by atoms with Crippen molar-refractivity contribution in [3.8, 4) is 0 Å². The Balaban J connectivity index is 2.66. The molecular formula is C15H24N2O2. The number of aliphatic hydroxyl groups is 1. The van der Waals surface area contributed by atoms with Crippen LogP contribution in [0.3, 0.4) is 0 Å². The minimum Gasteiger partial charge on any atom is -0.396 e. The van der Waals surface area contributed by atoms with Gasteiger partial charge in [-0.15, -0.1) is 0 Å². The van der Waals surface area contributed by atoms with Crippen molar-refractivity contribution in [1.29, 1.82) is 0 Å². The molecule has 1 rings (SSSR count). The molecule has 0 atom stereocenters. The number of rotatable bonds is 7. The first-order valence-corrected chi connectivity index (χ1v) is 6.75. The summed E-state index contributed by atoms with van der Waals surface area (Å²) in [6, 6.07) is 5.80. The molecule has 2 N–H and O–H groups in total. The first-order valence-electron chi connectivity index (χ1n) is 6.75. The van der Waals surface area contributed by atoms with Crippen molar-refractivity contribution in [2.75, 3.05) is 32.6 Å². The van der Waals surface area contributed by atoms with Gasteiger partial charge in [0.15, 0.2) is 0 Å². The molecule has 0 heterocycles. The van der Waals surface area contributed by atoms with Crippen molar-refractivity contribution in [2.24, 2.45) is 0 Å². The molecule has 4 heteroatoms. The molecule has 1 aromatic carbocycles. The fraction of sp³-hybridized carbons (Fsp3) is 0.533. The van der Waals surface area contributed by atoms with Gasteiger partial charge in [0.05, 0.1) is 5.56 Å². The Morgan fingerprint density at radius 1 is 1.32 bits per heavy atom. The summed E-state index contributed by atoms with van der Waals surface area (Å²) in [5.41, 5.74) is 2.71. The number of carbonyl (C=O) groups excluding carboxylic acids is 1. The molecule has 0 aromatic heterocycles. The highest BCUT2D eigenvalue weighted by atomic mass is 16.2. The number of amides is 1. The number of hydrogen-bond donors (Lipinski definition) is 2. The molecule has 0 radical (unpaired) electrons. The van der Waals surface area contributed by atoms with Crippen molar-refractivity contribution in [3.63, 3.8) is 0 Å². The Morgan fingerprint density at radius 2 is 2.05 bits per heavy atom. The lowest BCUT2D eigenvalue weighted by Gasteiger charge is -2.19. The van der Waals surface area contributed by atoms with Crippen molar-refractivity contribution in [1.82, 2.24) is 4.90 Å². The van der Waals surface area contributed by atoms with E-state index in [1.165, 1.54) is 0 Å². The number of benzene rings is 1. The van der Waals surface area contributed by atoms with Gasteiger partial charge >= 0.3 is 0 Å². The summed E-state index contributed by atoms with van der Waals surface area (Å²) < 4.78 is 0. The van der Waals surface area contributed by atoms with E-state index in [0.717, 1.165) is 37.1 Å². The maximum atomic E-state index is 12.3. The standard InChI is InChI=1S/C15H24N2O2/c1-12-7-8-13(14(11-12)16-2)15(19)17(3)9-5-4-6-10-18/h7-8,11,16,18H,4-6,9-10H2,1-3H3. The SMILES string of the molecule is CNc1cc(C)ccc1C(=O)N(C)CCCCCO. The number of aliphatic hydroxyl groups excluding tert-OH is 1. The first kappa shape index (κ1) is 15.5. The predicted molar refractivity (Wildman–Crippen MR) is 78.6 cm³/mol. The molecule has 1 amide bonds. The average molecular weight is 264 g/mol. The molecule has 0 spiro atoms. The largest absolute Gasteiger partial charge is 0.396 e. The quantitative estimate of drug-likeness (QED) is 0.743. The zero-order valence-corrected chi connectivity index (χ0v) is 12.1. The van der Waals surface area contributed by atoms with Crippen LogP contribution in [0.4, 0.5) is 5.69 Å². The number of aryl methyl sites for hydroxylation is 1. The van der Waals surface area contributed by atoms with Crippen LogP contribution in [0.25, 0.3) is 0 Å². The molecule has 4 nitrogen and oxygen atoms in total. The van der Waals surface area contributed by atoms with E-state index in [-0.39, 0.29) is 12.5 Å². The normalized spacial score (nSPS) is 10.3. The van der Waals surface area contributed by atoms with Gasteiger partial charge in [0, 0.05) is 32.9 Å². The third kappa shape index (κ3) is 4.56. The topological polar surface area (TPSA) is 52.6 Å². The summed E-state index contributed by atoms with van der Waals surface area (Å²) in [4.78, 5) is 14.1. The van der Waals surface area contributed by atoms with Crippen LogP contribution in [0.5, 0.6) is 0 Å². The molecule has 0 fully saturated rings. The lowest BCUT2D eigenvalue weighted by atomic mass is 10.1. The van der Waals surface area contributed by atoms with E-state index in [1.807, 2.05) is 39.2 Å². The van der Waals surface area contributed by atoms with Crippen LogP contribution in [-0.4, -0.2) is 43.2 Å². The van der Waals surface area contributed by atoms with Crippen LogP contribution in [-0.2, 0) is 0 Å². The summed E-state index contributed by atoms with van der Waals surface area (Å²) in [6.07, 6.45) is 2.67. The predicted octanol–water partition coefficient (Wildman–Crippen LogP) is 2.27. The number of unbranched alkanes of at least 4 members (excludes halogenated alkanes) is 2. The van der Waals surface area contributed by atoms with Crippen LogP contribution in [0.2, 0.25) is 0 Å². The van der Waals surface area contributed by atoms with Gasteiger partial charge in [-0.2, -0.15) is 0 Å². The number of anilines is 1. The van der Waals surface area contributed by atoms with Crippen molar-refractivity contribution < 1.29 is 9.90 Å². The van der Waals surface area contributed by atoms with E-state index in [0.29, 0.717) is 5.56 Å². The van der Waals surface area contributed by atoms with E-state index in [2.05, 4.69) is 5.32 Å². The second kappa shape index (κ2) is 7.79. The van der Waals surface area contributed by atoms with Gasteiger partial charge in [-0.3, -0.25) is 4.79 Å². The number of carbonyl (C=O) groups is 1. The maximum Gasteiger partial charge on any atom is 0.255 e. The second-order valence-electron chi connectivity index (χ2n) is 4.81. The summed E-state index contributed by atoms with van der Waals surface area (Å²) in [7, 11) is 3.65. The van der Waals surface area contributed by atoms with Crippen molar-refractivity contribution in [2.45, 2.75) is 26.2 Å². The zero-order chi connectivity index (χ0) is 14.3. The molecular weight excluding hydrogens is 240 g/mol. The molecule has 0 unspecified atom stereocenters. The highest BCUT2D eigenvalue weighted by molar-refractivity contribution is 5.99. The first-order chi connectivity index (χ1) is 9.10. The minimum absolute atomic E-state index is 0.0355. The molecule has 19 heavy (non-hydrogen) atoms. The van der Waals surface area contributed by atoms with Crippen LogP contribution >= 0.6 is 0 Å². The Bertz CT molecular complexity index is 419. The highest BCUT2D eigenvalue weighted by Gasteiger charge is 2.14. The fourth-order valence-corrected chi connectivity index (χ4v) is 2.00. The van der Waals surface area contributed by atoms with Gasteiger partial charge in [-0.05, 0) is 43.9 Å². The average Bonchev–Trinajstić information content (AvgIpc) is 2.42. The highest BCUT2D eigenvalue weighted by Crippen LogP contribution is 2.18. The molecule has 0 aliphatic rings.